The van der Waals surface area contributed by atoms with E-state index < -0.39 is 0 Å². The van der Waals surface area contributed by atoms with Gasteiger partial charge in [-0.15, -0.1) is 0 Å². The standard InChI is InChI=1S/C10H14BN5/c1-3-15(4-2)10-14-8(11)7-9(12)13-5-6-16(7)10/h5-6H,3-4H2,1-2H3,(H2,12,13). The monoisotopic (exact) mass is 215 g/mol. The van der Waals surface area contributed by atoms with Crippen molar-refractivity contribution in [2.75, 3.05) is 23.7 Å². The summed E-state index contributed by atoms with van der Waals surface area (Å²) in [7, 11) is 5.85. The number of fused-ring (bicyclic) bond motifs is 1. The summed E-state index contributed by atoms with van der Waals surface area (Å²) in [6.45, 7) is 5.89. The first-order valence-electron chi connectivity index (χ1n) is 5.32. The predicted octanol–water partition coefficient (Wildman–Crippen LogP) is -0.0485. The van der Waals surface area contributed by atoms with Crippen molar-refractivity contribution in [3.05, 3.63) is 12.4 Å². The van der Waals surface area contributed by atoms with Crippen LogP contribution in [0.25, 0.3) is 5.52 Å². The van der Waals surface area contributed by atoms with Crippen LogP contribution in [0.3, 0.4) is 0 Å². The van der Waals surface area contributed by atoms with E-state index in [4.69, 9.17) is 13.6 Å². The fourth-order valence-electron chi connectivity index (χ4n) is 1.80. The van der Waals surface area contributed by atoms with Crippen molar-refractivity contribution in [2.24, 2.45) is 0 Å². The normalized spacial score (nSPS) is 10.9. The molecule has 0 aliphatic rings. The summed E-state index contributed by atoms with van der Waals surface area (Å²) in [4.78, 5) is 10.5. The molecule has 0 amide bonds. The molecule has 0 unspecified atom stereocenters. The van der Waals surface area contributed by atoms with Crippen LogP contribution in [0.2, 0.25) is 0 Å². The highest BCUT2D eigenvalue weighted by molar-refractivity contribution is 6.36. The van der Waals surface area contributed by atoms with Crippen LogP contribution in [-0.4, -0.2) is 35.3 Å². The second-order valence-corrected chi connectivity index (χ2v) is 3.50. The number of anilines is 2. The molecule has 2 aromatic heterocycles. The van der Waals surface area contributed by atoms with Crippen LogP contribution in [0.1, 0.15) is 13.8 Å². The molecule has 2 aromatic rings. The molecule has 0 fully saturated rings. The molecule has 0 aromatic carbocycles. The van der Waals surface area contributed by atoms with Gasteiger partial charge in [0.15, 0.2) is 0 Å². The van der Waals surface area contributed by atoms with E-state index in [1.807, 2.05) is 10.6 Å². The fraction of sp³-hybridized carbons (Fsp3) is 0.400. The molecular formula is C10H14BN5. The topological polar surface area (TPSA) is 59.5 Å². The summed E-state index contributed by atoms with van der Waals surface area (Å²) in [6, 6.07) is 0. The zero-order valence-electron chi connectivity index (χ0n) is 9.51. The third-order valence-corrected chi connectivity index (χ3v) is 2.64. The van der Waals surface area contributed by atoms with E-state index >= 15 is 0 Å². The van der Waals surface area contributed by atoms with E-state index in [0.29, 0.717) is 16.9 Å². The Labute approximate surface area is 95.7 Å². The molecule has 0 atom stereocenters. The average Bonchev–Trinajstić information content (AvgIpc) is 2.60. The predicted molar refractivity (Wildman–Crippen MR) is 66.3 cm³/mol. The molecular weight excluding hydrogens is 201 g/mol. The number of aromatic nitrogens is 3. The number of nitrogens with zero attached hydrogens (tertiary/aromatic N) is 4. The Morgan fingerprint density at radius 2 is 2.12 bits per heavy atom. The summed E-state index contributed by atoms with van der Waals surface area (Å²) in [5.74, 6) is 1.22. The second-order valence-electron chi connectivity index (χ2n) is 3.50. The van der Waals surface area contributed by atoms with Crippen molar-refractivity contribution in [1.82, 2.24) is 14.4 Å². The number of rotatable bonds is 3. The molecule has 0 saturated heterocycles. The summed E-state index contributed by atoms with van der Waals surface area (Å²) >= 11 is 0. The van der Waals surface area contributed by atoms with Crippen LogP contribution in [0.5, 0.6) is 0 Å². The molecule has 0 bridgehead atoms. The molecule has 82 valence electrons. The first kappa shape index (κ1) is 10.8. The average molecular weight is 215 g/mol. The van der Waals surface area contributed by atoms with Gasteiger partial charge in [0.05, 0.1) is 0 Å². The molecule has 2 radical (unpaired) electrons. The summed E-state index contributed by atoms with van der Waals surface area (Å²) < 4.78 is 1.88. The zero-order chi connectivity index (χ0) is 11.7. The van der Waals surface area contributed by atoms with Gasteiger partial charge in [-0.3, -0.25) is 4.40 Å². The van der Waals surface area contributed by atoms with E-state index in [0.717, 1.165) is 19.0 Å². The van der Waals surface area contributed by atoms with Crippen LogP contribution in [0.4, 0.5) is 11.8 Å². The van der Waals surface area contributed by atoms with Gasteiger partial charge in [0.2, 0.25) is 5.95 Å². The van der Waals surface area contributed by atoms with E-state index in [1.165, 1.54) is 0 Å². The number of hydrogen-bond donors (Lipinski definition) is 1. The Balaban J connectivity index is 2.68. The van der Waals surface area contributed by atoms with Crippen LogP contribution >= 0.6 is 0 Å². The van der Waals surface area contributed by atoms with Gasteiger partial charge in [-0.25, -0.2) is 9.97 Å². The second kappa shape index (κ2) is 4.04. The molecule has 0 aliphatic carbocycles. The van der Waals surface area contributed by atoms with E-state index in [9.17, 15) is 0 Å². The Hall–Kier alpha value is -1.72. The quantitative estimate of drug-likeness (QED) is 0.729. The smallest absolute Gasteiger partial charge is 0.209 e. The van der Waals surface area contributed by atoms with E-state index in [-0.39, 0.29) is 0 Å². The fourth-order valence-corrected chi connectivity index (χ4v) is 1.80. The van der Waals surface area contributed by atoms with Gasteiger partial charge in [-0.1, -0.05) is 0 Å². The molecule has 2 N–H and O–H groups in total. The van der Waals surface area contributed by atoms with Crippen LogP contribution < -0.4 is 16.2 Å². The molecule has 2 heterocycles. The van der Waals surface area contributed by atoms with Gasteiger partial charge in [0.25, 0.3) is 0 Å². The molecule has 2 rings (SSSR count). The van der Waals surface area contributed by atoms with Gasteiger partial charge in [-0.2, -0.15) is 0 Å². The Bertz CT molecular complexity index is 503. The van der Waals surface area contributed by atoms with Crippen molar-refractivity contribution < 1.29 is 0 Å². The zero-order valence-corrected chi connectivity index (χ0v) is 9.51. The minimum Gasteiger partial charge on any atom is -0.382 e. The van der Waals surface area contributed by atoms with Gasteiger partial charge < -0.3 is 10.6 Å². The lowest BCUT2D eigenvalue weighted by Crippen LogP contribution is -2.24. The third-order valence-electron chi connectivity index (χ3n) is 2.64. The molecule has 0 spiro atoms. The summed E-state index contributed by atoms with van der Waals surface area (Å²) in [5.41, 5.74) is 6.89. The van der Waals surface area contributed by atoms with Crippen molar-refractivity contribution in [3.8, 4) is 0 Å². The van der Waals surface area contributed by atoms with Crippen molar-refractivity contribution in [3.63, 3.8) is 0 Å². The first-order valence-corrected chi connectivity index (χ1v) is 5.32. The highest BCUT2D eigenvalue weighted by Crippen LogP contribution is 2.16. The largest absolute Gasteiger partial charge is 0.382 e. The van der Waals surface area contributed by atoms with Crippen molar-refractivity contribution in [2.45, 2.75) is 13.8 Å². The Morgan fingerprint density at radius 3 is 2.75 bits per heavy atom. The Morgan fingerprint density at radius 1 is 1.44 bits per heavy atom. The molecule has 0 saturated carbocycles. The summed E-state index contributed by atoms with van der Waals surface area (Å²) in [5, 5.41) is 0. The number of nitrogens with two attached hydrogens (primary N) is 1. The van der Waals surface area contributed by atoms with E-state index in [2.05, 4.69) is 28.7 Å². The van der Waals surface area contributed by atoms with E-state index in [1.54, 1.807) is 6.20 Å². The maximum Gasteiger partial charge on any atom is 0.209 e. The molecule has 0 aliphatic heterocycles. The highest BCUT2D eigenvalue weighted by Gasteiger charge is 2.13. The lowest BCUT2D eigenvalue weighted by molar-refractivity contribution is 0.819. The van der Waals surface area contributed by atoms with Crippen LogP contribution in [0.15, 0.2) is 12.4 Å². The summed E-state index contributed by atoms with van der Waals surface area (Å²) in [6.07, 6.45) is 3.47. The highest BCUT2D eigenvalue weighted by atomic mass is 15.3. The third kappa shape index (κ3) is 1.50. The minimum atomic E-state index is 0.408. The number of imidazole rings is 1. The minimum absolute atomic E-state index is 0.408. The van der Waals surface area contributed by atoms with Gasteiger partial charge in [0.1, 0.15) is 19.2 Å². The molecule has 16 heavy (non-hydrogen) atoms. The SMILES string of the molecule is [B]c1nc(N(CC)CC)n2ccnc(N)c12. The molecule has 5 nitrogen and oxygen atoms in total. The van der Waals surface area contributed by atoms with Crippen molar-refractivity contribution >= 4 is 30.7 Å². The Kier molecular flexibility index (Phi) is 2.72. The van der Waals surface area contributed by atoms with Crippen LogP contribution in [-0.2, 0) is 0 Å². The number of hydrogen-bond acceptors (Lipinski definition) is 4. The van der Waals surface area contributed by atoms with Crippen molar-refractivity contribution in [1.29, 1.82) is 0 Å². The molecule has 6 heteroatoms. The van der Waals surface area contributed by atoms with Gasteiger partial charge >= 0.3 is 0 Å². The lowest BCUT2D eigenvalue weighted by Gasteiger charge is -2.18. The number of nitrogen functional groups attached to an aromatic ring is 1. The maximum atomic E-state index is 5.85. The lowest BCUT2D eigenvalue weighted by atomic mass is 10.0. The first-order chi connectivity index (χ1) is 7.69. The van der Waals surface area contributed by atoms with Gasteiger partial charge in [0, 0.05) is 31.1 Å². The maximum absolute atomic E-state index is 5.85. The van der Waals surface area contributed by atoms with Crippen LogP contribution in [0, 0.1) is 0 Å². The van der Waals surface area contributed by atoms with Gasteiger partial charge in [-0.05, 0) is 13.8 Å².